The van der Waals surface area contributed by atoms with Crippen molar-refractivity contribution >= 4 is 10.5 Å². The largest absolute Gasteiger partial charge is 0.414 e. The Kier molecular flexibility index (Phi) is 4.75. The first-order valence-corrected chi connectivity index (χ1v) is 8.78. The summed E-state index contributed by atoms with van der Waals surface area (Å²) in [7, 11) is 0.674. The summed E-state index contributed by atoms with van der Waals surface area (Å²) in [6.07, 6.45) is 0.844. The molecular weight excluding hydrogens is 296 g/mol. The van der Waals surface area contributed by atoms with Gasteiger partial charge in [-0.1, -0.05) is 84.9 Å². The van der Waals surface area contributed by atoms with Crippen molar-refractivity contribution in [1.29, 1.82) is 0 Å². The van der Waals surface area contributed by atoms with Gasteiger partial charge in [0.15, 0.2) is 0 Å². The molecule has 0 saturated carbocycles. The van der Waals surface area contributed by atoms with Crippen LogP contribution in [0.25, 0.3) is 0 Å². The summed E-state index contributed by atoms with van der Waals surface area (Å²) >= 11 is 0. The van der Waals surface area contributed by atoms with Gasteiger partial charge in [-0.05, 0) is 29.2 Å². The Morgan fingerprint density at radius 3 is 1.70 bits per heavy atom. The zero-order valence-corrected chi connectivity index (χ0v) is 15.7. The molecule has 0 N–H and O–H groups in total. The Bertz CT molecular complexity index is 714. The van der Waals surface area contributed by atoms with Crippen LogP contribution in [-0.2, 0) is 16.4 Å². The molecule has 0 fully saturated rings. The third kappa shape index (κ3) is 3.14. The first-order chi connectivity index (χ1) is 11.3. The lowest BCUT2D eigenvalue weighted by Crippen LogP contribution is -2.33. The highest BCUT2D eigenvalue weighted by Gasteiger charge is 2.34. The van der Waals surface area contributed by atoms with Crippen molar-refractivity contribution in [1.82, 2.24) is 0 Å². The average molecular weight is 318 g/mol. The van der Waals surface area contributed by atoms with E-state index in [4.69, 9.17) is 4.43 Å². The third-order valence-corrected chi connectivity index (χ3v) is 5.23. The lowest BCUT2D eigenvalue weighted by molar-refractivity contribution is 0.125. The van der Waals surface area contributed by atoms with E-state index in [2.05, 4.69) is 91.9 Å². The van der Waals surface area contributed by atoms with Crippen LogP contribution in [-0.4, -0.2) is 10.5 Å². The lowest BCUT2D eigenvalue weighted by Gasteiger charge is -2.35. The second-order valence-corrected chi connectivity index (χ2v) is 6.27. The van der Waals surface area contributed by atoms with Crippen molar-refractivity contribution in [3.63, 3.8) is 0 Å². The molecule has 0 aliphatic carbocycles. The quantitative estimate of drug-likeness (QED) is 0.651. The van der Waals surface area contributed by atoms with E-state index in [9.17, 15) is 0 Å². The van der Waals surface area contributed by atoms with Crippen molar-refractivity contribution < 1.29 is 4.43 Å². The van der Waals surface area contributed by atoms with Crippen LogP contribution in [0.15, 0.2) is 84.9 Å². The van der Waals surface area contributed by atoms with Crippen LogP contribution in [0.1, 0.15) is 22.3 Å². The summed E-state index contributed by atoms with van der Waals surface area (Å²) in [5, 5.41) is 0. The molecule has 0 aliphatic heterocycles. The summed E-state index contributed by atoms with van der Waals surface area (Å²) in [4.78, 5) is 0. The van der Waals surface area contributed by atoms with Crippen LogP contribution in [0.5, 0.6) is 0 Å². The van der Waals surface area contributed by atoms with E-state index >= 15 is 0 Å². The Morgan fingerprint density at radius 1 is 0.739 bits per heavy atom. The topological polar surface area (TPSA) is 9.23 Å². The predicted octanol–water partition coefficient (Wildman–Crippen LogP) is 3.78. The third-order valence-electron chi connectivity index (χ3n) is 4.53. The number of rotatable bonds is 5. The van der Waals surface area contributed by atoms with Gasteiger partial charge in [0.25, 0.3) is 0 Å². The van der Waals surface area contributed by atoms with Gasteiger partial charge in [0, 0.05) is 6.42 Å². The Hall–Kier alpha value is -2.16. The van der Waals surface area contributed by atoms with Gasteiger partial charge in [0.05, 0.1) is 0 Å². The van der Waals surface area contributed by atoms with Crippen molar-refractivity contribution in [2.45, 2.75) is 18.9 Å². The minimum Gasteiger partial charge on any atom is -0.414 e. The molecule has 2 heteroatoms. The molecule has 0 radical (unpaired) electrons. The maximum Gasteiger partial charge on any atom is 0.147 e. The Morgan fingerprint density at radius 2 is 1.22 bits per heavy atom. The fraction of sp³-hybridized carbons (Fsp3) is 0.143. The second kappa shape index (κ2) is 6.94. The highest BCUT2D eigenvalue weighted by atomic mass is 28.2. The molecule has 0 aromatic heterocycles. The molecule has 0 atom stereocenters. The normalized spacial score (nSPS) is 11.5. The van der Waals surface area contributed by atoms with Gasteiger partial charge in [0.2, 0.25) is 0 Å². The summed E-state index contributed by atoms with van der Waals surface area (Å²) in [6, 6.07) is 29.7. The van der Waals surface area contributed by atoms with Crippen molar-refractivity contribution in [2.24, 2.45) is 0 Å². The summed E-state index contributed by atoms with van der Waals surface area (Å²) in [5.74, 6) is 0. The van der Waals surface area contributed by atoms with Crippen LogP contribution in [0.3, 0.4) is 0 Å². The van der Waals surface area contributed by atoms with Crippen LogP contribution in [0.4, 0.5) is 0 Å². The number of aryl methyl sites for hydroxylation is 1. The van der Waals surface area contributed by atoms with Gasteiger partial charge >= 0.3 is 0 Å². The van der Waals surface area contributed by atoms with Gasteiger partial charge in [0.1, 0.15) is 16.1 Å². The molecule has 116 valence electrons. The first-order valence-electron chi connectivity index (χ1n) is 7.97. The van der Waals surface area contributed by atoms with Gasteiger partial charge in [-0.2, -0.15) is 0 Å². The van der Waals surface area contributed by atoms with Crippen LogP contribution in [0.2, 0.25) is 0 Å². The zero-order valence-electron chi connectivity index (χ0n) is 13.7. The molecule has 0 spiro atoms. The van der Waals surface area contributed by atoms with E-state index in [1.165, 1.54) is 22.3 Å². The van der Waals surface area contributed by atoms with E-state index in [-0.39, 0.29) is 0 Å². The smallest absolute Gasteiger partial charge is 0.147 e. The highest BCUT2D eigenvalue weighted by molar-refractivity contribution is 5.98. The molecule has 0 amide bonds. The summed E-state index contributed by atoms with van der Waals surface area (Å²) in [6.45, 7) is 2.17. The molecule has 0 unspecified atom stereocenters. The Labute approximate surface area is 141 Å². The van der Waals surface area contributed by atoms with Crippen molar-refractivity contribution in [3.05, 3.63) is 107 Å². The molecule has 3 aromatic carbocycles. The molecule has 3 aromatic rings. The van der Waals surface area contributed by atoms with E-state index in [0.29, 0.717) is 10.5 Å². The van der Waals surface area contributed by atoms with Crippen LogP contribution < -0.4 is 0 Å². The highest BCUT2D eigenvalue weighted by Crippen LogP contribution is 2.37. The maximum absolute atomic E-state index is 6.31. The molecule has 0 bridgehead atoms. The first kappa shape index (κ1) is 15.7. The molecule has 0 aliphatic rings. The molecule has 0 saturated heterocycles. The van der Waals surface area contributed by atoms with E-state index in [1.807, 2.05) is 0 Å². The fourth-order valence-electron chi connectivity index (χ4n) is 3.17. The summed E-state index contributed by atoms with van der Waals surface area (Å²) < 4.78 is 6.31. The van der Waals surface area contributed by atoms with E-state index < -0.39 is 5.60 Å². The van der Waals surface area contributed by atoms with Crippen LogP contribution >= 0.6 is 0 Å². The van der Waals surface area contributed by atoms with Gasteiger partial charge in [-0.15, -0.1) is 0 Å². The monoisotopic (exact) mass is 318 g/mol. The summed E-state index contributed by atoms with van der Waals surface area (Å²) in [5.41, 5.74) is 4.65. The van der Waals surface area contributed by atoms with E-state index in [1.54, 1.807) is 0 Å². The SMILES string of the molecule is Cc1ccccc1CC(O[SiH3])(c1ccccc1)c1ccccc1. The minimum absolute atomic E-state index is 0.416. The Balaban J connectivity index is 2.15. The van der Waals surface area contributed by atoms with Crippen molar-refractivity contribution in [3.8, 4) is 0 Å². The van der Waals surface area contributed by atoms with Gasteiger partial charge in [-0.25, -0.2) is 0 Å². The van der Waals surface area contributed by atoms with Gasteiger partial charge < -0.3 is 4.43 Å². The number of benzene rings is 3. The number of hydrogen-bond donors (Lipinski definition) is 0. The lowest BCUT2D eigenvalue weighted by atomic mass is 9.80. The molecule has 1 nitrogen and oxygen atoms in total. The second-order valence-electron chi connectivity index (χ2n) is 5.87. The van der Waals surface area contributed by atoms with Crippen molar-refractivity contribution in [2.75, 3.05) is 0 Å². The molecule has 23 heavy (non-hydrogen) atoms. The fourth-order valence-corrected chi connectivity index (χ4v) is 3.79. The zero-order chi connectivity index (χ0) is 16.1. The van der Waals surface area contributed by atoms with Crippen LogP contribution in [0, 0.1) is 6.92 Å². The van der Waals surface area contributed by atoms with Gasteiger partial charge in [-0.3, -0.25) is 0 Å². The van der Waals surface area contributed by atoms with E-state index in [0.717, 1.165) is 6.42 Å². The minimum atomic E-state index is -0.416. The molecule has 0 heterocycles. The molecular formula is C21H22OSi. The maximum atomic E-state index is 6.31. The predicted molar refractivity (Wildman–Crippen MR) is 99.6 cm³/mol. The standard InChI is InChI=1S/C21H22OSi/c1-17-10-8-9-11-18(17)16-21(22-23,19-12-4-2-5-13-19)20-14-6-3-7-15-20/h2-15H,16H2,1,23H3. The number of hydrogen-bond acceptors (Lipinski definition) is 1. The average Bonchev–Trinajstić information content (AvgIpc) is 2.63. The molecule has 3 rings (SSSR count).